The summed E-state index contributed by atoms with van der Waals surface area (Å²) in [6.45, 7) is 6.98. The Kier molecular flexibility index (Phi) is 5.27. The predicted molar refractivity (Wildman–Crippen MR) is 107 cm³/mol. The Balaban J connectivity index is 2.22. The van der Waals surface area contributed by atoms with Gasteiger partial charge in [-0.25, -0.2) is 0 Å². The number of primary amides is 1. The van der Waals surface area contributed by atoms with E-state index in [1.54, 1.807) is 0 Å². The number of hydrogen-bond acceptors (Lipinski definition) is 1. The molecule has 1 amide bonds. The first-order valence-corrected chi connectivity index (χ1v) is 9.15. The van der Waals surface area contributed by atoms with Crippen LogP contribution in [-0.4, -0.2) is 10.5 Å². The SMILES string of the molecule is CCCc1c(-c2ccc(C)cc2)c(C(N)=O)c(C)n1Cc1ccccc1. The minimum absolute atomic E-state index is 0.359. The molecule has 0 spiro atoms. The number of aryl methyl sites for hydroxylation is 1. The van der Waals surface area contributed by atoms with E-state index in [0.717, 1.165) is 36.2 Å². The van der Waals surface area contributed by atoms with E-state index in [1.165, 1.54) is 16.8 Å². The Hall–Kier alpha value is -2.81. The van der Waals surface area contributed by atoms with Crippen LogP contribution in [0, 0.1) is 13.8 Å². The Morgan fingerprint density at radius 1 is 1.00 bits per heavy atom. The van der Waals surface area contributed by atoms with Crippen LogP contribution in [0.15, 0.2) is 54.6 Å². The van der Waals surface area contributed by atoms with Crippen molar-refractivity contribution in [2.24, 2.45) is 5.73 Å². The van der Waals surface area contributed by atoms with Crippen molar-refractivity contribution in [2.75, 3.05) is 0 Å². The number of nitrogens with two attached hydrogens (primary N) is 1. The first-order valence-electron chi connectivity index (χ1n) is 9.15. The number of nitrogens with zero attached hydrogens (tertiary/aromatic N) is 1. The molecule has 0 aliphatic rings. The third kappa shape index (κ3) is 3.43. The predicted octanol–water partition coefficient (Wildman–Crippen LogP) is 4.87. The van der Waals surface area contributed by atoms with E-state index in [4.69, 9.17) is 5.73 Å². The zero-order valence-electron chi connectivity index (χ0n) is 15.8. The molecule has 0 saturated carbocycles. The van der Waals surface area contributed by atoms with Crippen LogP contribution in [-0.2, 0) is 13.0 Å². The van der Waals surface area contributed by atoms with E-state index in [1.807, 2.05) is 25.1 Å². The van der Waals surface area contributed by atoms with Gasteiger partial charge >= 0.3 is 0 Å². The van der Waals surface area contributed by atoms with E-state index in [0.29, 0.717) is 5.56 Å². The lowest BCUT2D eigenvalue weighted by atomic mass is 9.97. The highest BCUT2D eigenvalue weighted by atomic mass is 16.1. The van der Waals surface area contributed by atoms with Crippen LogP contribution in [0.5, 0.6) is 0 Å². The van der Waals surface area contributed by atoms with Crippen LogP contribution in [0.3, 0.4) is 0 Å². The first kappa shape index (κ1) is 18.0. The quantitative estimate of drug-likeness (QED) is 0.680. The normalized spacial score (nSPS) is 10.9. The van der Waals surface area contributed by atoms with Crippen LogP contribution >= 0.6 is 0 Å². The standard InChI is InChI=1S/C23H26N2O/c1-4-8-20-22(19-13-11-16(2)12-14-19)21(23(24)26)17(3)25(20)15-18-9-6-5-7-10-18/h5-7,9-14H,4,8,15H2,1-3H3,(H2,24,26). The number of benzene rings is 2. The van der Waals surface area contributed by atoms with Crippen molar-refractivity contribution in [1.82, 2.24) is 4.57 Å². The molecule has 1 aromatic heterocycles. The number of carbonyl (C=O) groups is 1. The average molecular weight is 346 g/mol. The number of rotatable bonds is 6. The van der Waals surface area contributed by atoms with Gasteiger partial charge in [-0.15, -0.1) is 0 Å². The van der Waals surface area contributed by atoms with Crippen molar-refractivity contribution < 1.29 is 4.79 Å². The summed E-state index contributed by atoms with van der Waals surface area (Å²) in [5.74, 6) is -0.359. The molecule has 3 heteroatoms. The van der Waals surface area contributed by atoms with Crippen molar-refractivity contribution in [2.45, 2.75) is 40.2 Å². The average Bonchev–Trinajstić information content (AvgIpc) is 2.90. The van der Waals surface area contributed by atoms with Crippen LogP contribution in [0.4, 0.5) is 0 Å². The molecule has 2 aromatic carbocycles. The maximum Gasteiger partial charge on any atom is 0.251 e. The molecule has 3 rings (SSSR count). The highest BCUT2D eigenvalue weighted by Crippen LogP contribution is 2.34. The maximum atomic E-state index is 12.3. The second kappa shape index (κ2) is 7.61. The molecule has 0 fully saturated rings. The summed E-state index contributed by atoms with van der Waals surface area (Å²) < 4.78 is 2.26. The van der Waals surface area contributed by atoms with Crippen LogP contribution < -0.4 is 5.73 Å². The number of aromatic nitrogens is 1. The fourth-order valence-electron chi connectivity index (χ4n) is 3.61. The van der Waals surface area contributed by atoms with Crippen molar-refractivity contribution in [3.8, 4) is 11.1 Å². The summed E-state index contributed by atoms with van der Waals surface area (Å²) in [6, 6.07) is 18.7. The summed E-state index contributed by atoms with van der Waals surface area (Å²) in [5, 5.41) is 0. The van der Waals surface area contributed by atoms with E-state index in [2.05, 4.69) is 54.8 Å². The fraction of sp³-hybridized carbons (Fsp3) is 0.261. The summed E-state index contributed by atoms with van der Waals surface area (Å²) >= 11 is 0. The van der Waals surface area contributed by atoms with Crippen molar-refractivity contribution in [1.29, 1.82) is 0 Å². The molecule has 26 heavy (non-hydrogen) atoms. The maximum absolute atomic E-state index is 12.3. The Bertz CT molecular complexity index is 906. The molecule has 0 aliphatic heterocycles. The molecule has 2 N–H and O–H groups in total. The highest BCUT2D eigenvalue weighted by Gasteiger charge is 2.24. The lowest BCUT2D eigenvalue weighted by molar-refractivity contribution is 0.1000. The van der Waals surface area contributed by atoms with Gasteiger partial charge in [-0.1, -0.05) is 73.5 Å². The summed E-state index contributed by atoms with van der Waals surface area (Å²) in [6.07, 6.45) is 1.92. The van der Waals surface area contributed by atoms with Gasteiger partial charge in [0.05, 0.1) is 5.56 Å². The fourth-order valence-corrected chi connectivity index (χ4v) is 3.61. The van der Waals surface area contributed by atoms with Crippen molar-refractivity contribution in [3.63, 3.8) is 0 Å². The summed E-state index contributed by atoms with van der Waals surface area (Å²) in [5.41, 5.74) is 13.0. The highest BCUT2D eigenvalue weighted by molar-refractivity contribution is 6.02. The minimum Gasteiger partial charge on any atom is -0.366 e. The molecule has 1 heterocycles. The molecule has 0 aliphatic carbocycles. The number of hydrogen-bond donors (Lipinski definition) is 1. The lowest BCUT2D eigenvalue weighted by Gasteiger charge is -2.13. The van der Waals surface area contributed by atoms with Crippen molar-refractivity contribution in [3.05, 3.63) is 82.7 Å². The van der Waals surface area contributed by atoms with Crippen LogP contribution in [0.25, 0.3) is 11.1 Å². The van der Waals surface area contributed by atoms with Crippen LogP contribution in [0.2, 0.25) is 0 Å². The largest absolute Gasteiger partial charge is 0.366 e. The lowest BCUT2D eigenvalue weighted by Crippen LogP contribution is -2.13. The third-order valence-corrected chi connectivity index (χ3v) is 4.89. The molecule has 0 saturated heterocycles. The van der Waals surface area contributed by atoms with Gasteiger partial charge in [0, 0.05) is 23.5 Å². The van der Waals surface area contributed by atoms with Gasteiger partial charge in [-0.3, -0.25) is 4.79 Å². The minimum atomic E-state index is -0.359. The smallest absolute Gasteiger partial charge is 0.251 e. The summed E-state index contributed by atoms with van der Waals surface area (Å²) in [7, 11) is 0. The molecule has 0 bridgehead atoms. The third-order valence-electron chi connectivity index (χ3n) is 4.89. The monoisotopic (exact) mass is 346 g/mol. The Morgan fingerprint density at radius 3 is 2.23 bits per heavy atom. The molecule has 3 nitrogen and oxygen atoms in total. The number of amides is 1. The van der Waals surface area contributed by atoms with Gasteiger partial charge in [-0.05, 0) is 31.4 Å². The molecular formula is C23H26N2O. The molecule has 0 atom stereocenters. The van der Waals surface area contributed by atoms with Gasteiger partial charge in [0.25, 0.3) is 5.91 Å². The first-order chi connectivity index (χ1) is 12.5. The van der Waals surface area contributed by atoms with Gasteiger partial charge in [0.1, 0.15) is 0 Å². The van der Waals surface area contributed by atoms with Gasteiger partial charge in [0.2, 0.25) is 0 Å². The molecule has 0 unspecified atom stereocenters. The van der Waals surface area contributed by atoms with Gasteiger partial charge < -0.3 is 10.3 Å². The van der Waals surface area contributed by atoms with E-state index >= 15 is 0 Å². The second-order valence-electron chi connectivity index (χ2n) is 6.83. The zero-order chi connectivity index (χ0) is 18.7. The van der Waals surface area contributed by atoms with Crippen molar-refractivity contribution >= 4 is 5.91 Å². The van der Waals surface area contributed by atoms with Crippen LogP contribution in [0.1, 0.15) is 46.2 Å². The van der Waals surface area contributed by atoms with E-state index in [9.17, 15) is 4.79 Å². The van der Waals surface area contributed by atoms with Gasteiger partial charge in [-0.2, -0.15) is 0 Å². The molecule has 3 aromatic rings. The summed E-state index contributed by atoms with van der Waals surface area (Å²) in [4.78, 5) is 12.3. The van der Waals surface area contributed by atoms with Gasteiger partial charge in [0.15, 0.2) is 0 Å². The number of carbonyl (C=O) groups excluding carboxylic acids is 1. The molecular weight excluding hydrogens is 320 g/mol. The zero-order valence-corrected chi connectivity index (χ0v) is 15.8. The second-order valence-corrected chi connectivity index (χ2v) is 6.83. The Labute approximate surface area is 155 Å². The van der Waals surface area contributed by atoms with E-state index in [-0.39, 0.29) is 5.91 Å². The van der Waals surface area contributed by atoms with E-state index < -0.39 is 0 Å². The topological polar surface area (TPSA) is 48.0 Å². The molecule has 0 radical (unpaired) electrons. The molecule has 134 valence electrons. The Morgan fingerprint density at radius 2 is 1.65 bits per heavy atom.